The van der Waals surface area contributed by atoms with Crippen molar-refractivity contribution in [3.05, 3.63) is 49.9 Å². The van der Waals surface area contributed by atoms with Crippen LogP contribution in [0.1, 0.15) is 33.9 Å². The van der Waals surface area contributed by atoms with Crippen molar-refractivity contribution in [1.29, 1.82) is 0 Å². The van der Waals surface area contributed by atoms with E-state index >= 15 is 0 Å². The van der Waals surface area contributed by atoms with Gasteiger partial charge in [-0.05, 0) is 38.1 Å². The second-order valence-corrected chi connectivity index (χ2v) is 6.29. The summed E-state index contributed by atoms with van der Waals surface area (Å²) in [5.74, 6) is -0.176. The first-order chi connectivity index (χ1) is 8.95. The molecule has 0 spiro atoms. The smallest absolute Gasteiger partial charge is 0.251 e. The summed E-state index contributed by atoms with van der Waals surface area (Å²) in [5, 5.41) is 3.22. The number of aromatic nitrogens is 1. The van der Waals surface area contributed by atoms with E-state index in [-0.39, 0.29) is 11.9 Å². The Morgan fingerprint density at radius 1 is 1.37 bits per heavy atom. The van der Waals surface area contributed by atoms with E-state index in [0.29, 0.717) is 20.7 Å². The number of halogens is 2. The first kappa shape index (κ1) is 14.3. The molecule has 0 aliphatic rings. The van der Waals surface area contributed by atoms with Crippen molar-refractivity contribution in [2.24, 2.45) is 0 Å². The van der Waals surface area contributed by atoms with Gasteiger partial charge in [-0.2, -0.15) is 0 Å². The zero-order valence-electron chi connectivity index (χ0n) is 10.4. The summed E-state index contributed by atoms with van der Waals surface area (Å²) in [6, 6.07) is 6.88. The lowest BCUT2D eigenvalue weighted by Crippen LogP contribution is -2.26. The van der Waals surface area contributed by atoms with Gasteiger partial charge in [-0.15, -0.1) is 11.3 Å². The van der Waals surface area contributed by atoms with Gasteiger partial charge < -0.3 is 5.32 Å². The van der Waals surface area contributed by atoms with Crippen LogP contribution in [0.4, 0.5) is 0 Å². The molecule has 100 valence electrons. The molecule has 0 aromatic carbocycles. The molecular formula is C13H12Cl2N2OS. The van der Waals surface area contributed by atoms with Gasteiger partial charge in [-0.1, -0.05) is 23.2 Å². The molecule has 2 rings (SSSR count). The van der Waals surface area contributed by atoms with Crippen molar-refractivity contribution in [2.75, 3.05) is 0 Å². The number of carbonyl (C=O) groups excluding carboxylic acids is 1. The highest BCUT2D eigenvalue weighted by atomic mass is 35.5. The van der Waals surface area contributed by atoms with Gasteiger partial charge in [0.05, 0.1) is 10.4 Å². The van der Waals surface area contributed by atoms with Crippen LogP contribution in [0.5, 0.6) is 0 Å². The molecule has 2 aromatic heterocycles. The monoisotopic (exact) mass is 314 g/mol. The van der Waals surface area contributed by atoms with Crippen molar-refractivity contribution in [1.82, 2.24) is 10.3 Å². The molecule has 1 unspecified atom stereocenters. The molecule has 1 N–H and O–H groups in total. The lowest BCUT2D eigenvalue weighted by molar-refractivity contribution is 0.0940. The molecule has 0 saturated heterocycles. The molecule has 2 heterocycles. The van der Waals surface area contributed by atoms with Crippen LogP contribution in [0, 0.1) is 6.92 Å². The van der Waals surface area contributed by atoms with Crippen molar-refractivity contribution >= 4 is 40.4 Å². The van der Waals surface area contributed by atoms with E-state index < -0.39 is 0 Å². The second kappa shape index (κ2) is 5.90. The highest BCUT2D eigenvalue weighted by molar-refractivity contribution is 7.16. The number of amides is 1. The maximum atomic E-state index is 12.1. The minimum Gasteiger partial charge on any atom is -0.345 e. The second-order valence-electron chi connectivity index (χ2n) is 4.16. The van der Waals surface area contributed by atoms with Gasteiger partial charge in [0.1, 0.15) is 5.15 Å². The summed E-state index contributed by atoms with van der Waals surface area (Å²) in [7, 11) is 0. The van der Waals surface area contributed by atoms with Crippen LogP contribution in [-0.4, -0.2) is 10.9 Å². The third-order valence-electron chi connectivity index (χ3n) is 2.55. The predicted octanol–water partition coefficient (Wildman–Crippen LogP) is 4.25. The molecule has 6 heteroatoms. The van der Waals surface area contributed by atoms with Crippen molar-refractivity contribution in [3.8, 4) is 0 Å². The Morgan fingerprint density at radius 3 is 2.68 bits per heavy atom. The standard InChI is InChI=1S/C13H12Cl2N2OS/c1-7-5-9(6-11(14)16-7)13(18)17-8(2)10-3-4-12(15)19-10/h3-6,8H,1-2H3,(H,17,18). The average Bonchev–Trinajstić information content (AvgIpc) is 2.74. The normalized spacial score (nSPS) is 12.2. The van der Waals surface area contributed by atoms with Gasteiger partial charge in [-0.25, -0.2) is 4.98 Å². The topological polar surface area (TPSA) is 42.0 Å². The summed E-state index contributed by atoms with van der Waals surface area (Å²) in [4.78, 5) is 17.2. The number of aryl methyl sites for hydroxylation is 1. The number of rotatable bonds is 3. The molecule has 0 radical (unpaired) electrons. The Morgan fingerprint density at radius 2 is 2.11 bits per heavy atom. The highest BCUT2D eigenvalue weighted by Gasteiger charge is 2.14. The summed E-state index contributed by atoms with van der Waals surface area (Å²) in [6.07, 6.45) is 0. The fourth-order valence-corrected chi connectivity index (χ4v) is 2.99. The molecule has 3 nitrogen and oxygen atoms in total. The molecule has 1 amide bonds. The van der Waals surface area contributed by atoms with Crippen LogP contribution in [0.2, 0.25) is 9.49 Å². The maximum Gasteiger partial charge on any atom is 0.251 e. The van der Waals surface area contributed by atoms with E-state index in [0.717, 1.165) is 4.88 Å². The fourth-order valence-electron chi connectivity index (χ4n) is 1.67. The first-order valence-corrected chi connectivity index (χ1v) is 7.23. The predicted molar refractivity (Wildman–Crippen MR) is 79.2 cm³/mol. The van der Waals surface area contributed by atoms with Crippen LogP contribution in [0.3, 0.4) is 0 Å². The van der Waals surface area contributed by atoms with Crippen LogP contribution in [0.15, 0.2) is 24.3 Å². The molecule has 2 aromatic rings. The number of pyridine rings is 1. The van der Waals surface area contributed by atoms with E-state index in [2.05, 4.69) is 10.3 Å². The van der Waals surface area contributed by atoms with Crippen LogP contribution >= 0.6 is 34.5 Å². The zero-order valence-corrected chi connectivity index (χ0v) is 12.7. The number of nitrogens with one attached hydrogen (secondary N) is 1. The molecule has 1 atom stereocenters. The minimum absolute atomic E-state index is 0.0998. The number of hydrogen-bond donors (Lipinski definition) is 1. The minimum atomic E-state index is -0.176. The molecular weight excluding hydrogens is 303 g/mol. The van der Waals surface area contributed by atoms with E-state index in [1.165, 1.54) is 11.3 Å². The highest BCUT2D eigenvalue weighted by Crippen LogP contribution is 2.26. The van der Waals surface area contributed by atoms with Crippen LogP contribution < -0.4 is 5.32 Å². The van der Waals surface area contributed by atoms with Crippen molar-refractivity contribution in [3.63, 3.8) is 0 Å². The third kappa shape index (κ3) is 3.69. The molecule has 0 saturated carbocycles. The number of thiophene rings is 1. The van der Waals surface area contributed by atoms with Crippen molar-refractivity contribution < 1.29 is 4.79 Å². The van der Waals surface area contributed by atoms with E-state index in [1.807, 2.05) is 19.1 Å². The molecule has 19 heavy (non-hydrogen) atoms. The van der Waals surface area contributed by atoms with Crippen LogP contribution in [0.25, 0.3) is 0 Å². The Kier molecular flexibility index (Phi) is 4.45. The number of nitrogens with zero attached hydrogens (tertiary/aromatic N) is 1. The number of carbonyl (C=O) groups is 1. The summed E-state index contributed by atoms with van der Waals surface area (Å²) in [6.45, 7) is 3.71. The third-order valence-corrected chi connectivity index (χ3v) is 4.16. The van der Waals surface area contributed by atoms with Gasteiger partial charge in [0, 0.05) is 16.1 Å². The Bertz CT molecular complexity index is 592. The summed E-state index contributed by atoms with van der Waals surface area (Å²) in [5.41, 5.74) is 1.22. The van der Waals surface area contributed by atoms with Crippen molar-refractivity contribution in [2.45, 2.75) is 19.9 Å². The zero-order chi connectivity index (χ0) is 14.0. The summed E-state index contributed by atoms with van der Waals surface area (Å²) >= 11 is 13.2. The fraction of sp³-hybridized carbons (Fsp3) is 0.231. The molecule has 0 aliphatic carbocycles. The summed E-state index contributed by atoms with van der Waals surface area (Å²) < 4.78 is 0.707. The van der Waals surface area contributed by atoms with Gasteiger partial charge in [0.15, 0.2) is 0 Å². The molecule has 0 aliphatic heterocycles. The Balaban J connectivity index is 2.12. The van der Waals surface area contributed by atoms with Gasteiger partial charge in [0.2, 0.25) is 0 Å². The van der Waals surface area contributed by atoms with Gasteiger partial charge in [0.25, 0.3) is 5.91 Å². The quantitative estimate of drug-likeness (QED) is 0.860. The Hall–Kier alpha value is -1.10. The first-order valence-electron chi connectivity index (χ1n) is 5.66. The number of hydrogen-bond acceptors (Lipinski definition) is 3. The van der Waals surface area contributed by atoms with Gasteiger partial charge >= 0.3 is 0 Å². The largest absolute Gasteiger partial charge is 0.345 e. The average molecular weight is 315 g/mol. The van der Waals surface area contributed by atoms with E-state index in [4.69, 9.17) is 23.2 Å². The molecule has 0 bridgehead atoms. The van der Waals surface area contributed by atoms with Crippen LogP contribution in [-0.2, 0) is 0 Å². The van der Waals surface area contributed by atoms with E-state index in [9.17, 15) is 4.79 Å². The van der Waals surface area contributed by atoms with Gasteiger partial charge in [-0.3, -0.25) is 4.79 Å². The Labute approximate surface area is 125 Å². The maximum absolute atomic E-state index is 12.1. The SMILES string of the molecule is Cc1cc(C(=O)NC(C)c2ccc(Cl)s2)cc(Cl)n1. The van der Waals surface area contributed by atoms with E-state index in [1.54, 1.807) is 19.1 Å². The molecule has 0 fully saturated rings. The lowest BCUT2D eigenvalue weighted by Gasteiger charge is -2.12. The lowest BCUT2D eigenvalue weighted by atomic mass is 10.2.